The fourth-order valence-electron chi connectivity index (χ4n) is 4.50. The molecule has 0 amide bonds. The Morgan fingerprint density at radius 2 is 1.21 bits per heavy atom. The van der Waals surface area contributed by atoms with Crippen LogP contribution in [0.2, 0.25) is 0 Å². The van der Waals surface area contributed by atoms with Gasteiger partial charge < -0.3 is 5.11 Å². The van der Waals surface area contributed by atoms with E-state index in [4.69, 9.17) is 4.98 Å². The summed E-state index contributed by atoms with van der Waals surface area (Å²) in [5, 5.41) is 10.9. The molecule has 4 rings (SSSR count). The highest BCUT2D eigenvalue weighted by atomic mass is 19.4. The molecule has 0 aliphatic heterocycles. The van der Waals surface area contributed by atoms with Crippen LogP contribution in [-0.2, 0) is 6.18 Å². The van der Waals surface area contributed by atoms with Gasteiger partial charge in [0.2, 0.25) is 0 Å². The van der Waals surface area contributed by atoms with Gasteiger partial charge in [0.05, 0.1) is 23.1 Å². The molecule has 0 radical (unpaired) electrons. The Labute approximate surface area is 216 Å². The summed E-state index contributed by atoms with van der Waals surface area (Å²) in [4.78, 5) is 4.72. The molecule has 198 valence electrons. The number of halogens is 6. The first kappa shape index (κ1) is 27.4. The predicted octanol–water partition coefficient (Wildman–Crippen LogP) is 8.95. The molecule has 2 atom stereocenters. The van der Waals surface area contributed by atoms with Crippen LogP contribution < -0.4 is 0 Å². The molecule has 0 bridgehead atoms. The van der Waals surface area contributed by atoms with E-state index in [-0.39, 0.29) is 28.2 Å². The van der Waals surface area contributed by atoms with E-state index in [1.165, 1.54) is 55.5 Å². The number of rotatable bonds is 6. The maximum atomic E-state index is 16.4. The lowest BCUT2D eigenvalue weighted by atomic mass is 9.83. The van der Waals surface area contributed by atoms with E-state index in [2.05, 4.69) is 0 Å². The Morgan fingerprint density at radius 3 is 1.66 bits per heavy atom. The van der Waals surface area contributed by atoms with Gasteiger partial charge in [-0.3, -0.25) is 4.98 Å². The summed E-state index contributed by atoms with van der Waals surface area (Å²) in [6.45, 7) is 5.05. The Kier molecular flexibility index (Phi) is 7.65. The molecule has 1 N–H and O–H groups in total. The van der Waals surface area contributed by atoms with Crippen LogP contribution >= 0.6 is 0 Å². The largest absolute Gasteiger partial charge is 0.416 e. The maximum Gasteiger partial charge on any atom is 0.416 e. The molecule has 0 saturated heterocycles. The van der Waals surface area contributed by atoms with Gasteiger partial charge in [-0.2, -0.15) is 13.2 Å². The second-order valence-corrected chi connectivity index (χ2v) is 9.37. The molecule has 2 nitrogen and oxygen atoms in total. The fourth-order valence-corrected chi connectivity index (χ4v) is 4.50. The first-order chi connectivity index (χ1) is 17.9. The predicted molar refractivity (Wildman–Crippen MR) is 134 cm³/mol. The average molecular weight is 530 g/mol. The summed E-state index contributed by atoms with van der Waals surface area (Å²) < 4.78 is 83.3. The van der Waals surface area contributed by atoms with Crippen molar-refractivity contribution < 1.29 is 31.4 Å². The second-order valence-electron chi connectivity index (χ2n) is 9.37. The van der Waals surface area contributed by atoms with Crippen LogP contribution in [0.3, 0.4) is 0 Å². The smallest absolute Gasteiger partial charge is 0.389 e. The maximum absolute atomic E-state index is 16.4. The Balaban J connectivity index is 2.07. The third-order valence-corrected chi connectivity index (χ3v) is 6.30. The minimum Gasteiger partial charge on any atom is -0.389 e. The van der Waals surface area contributed by atoms with E-state index < -0.39 is 35.6 Å². The van der Waals surface area contributed by atoms with E-state index in [0.29, 0.717) is 22.5 Å². The summed E-state index contributed by atoms with van der Waals surface area (Å²) in [5.74, 6) is -1.34. The minimum atomic E-state index is -4.58. The summed E-state index contributed by atoms with van der Waals surface area (Å²) in [6.07, 6.45) is -7.67. The molecule has 0 saturated carbocycles. The summed E-state index contributed by atoms with van der Waals surface area (Å²) in [7, 11) is 0. The number of aliphatic hydroxyl groups is 1. The van der Waals surface area contributed by atoms with Gasteiger partial charge in [-0.1, -0.05) is 38.1 Å². The van der Waals surface area contributed by atoms with Crippen molar-refractivity contribution in [2.75, 3.05) is 0 Å². The van der Waals surface area contributed by atoms with E-state index >= 15 is 4.39 Å². The molecule has 0 aliphatic rings. The van der Waals surface area contributed by atoms with Crippen LogP contribution in [-0.4, -0.2) is 10.1 Å². The molecule has 3 aromatic carbocycles. The highest BCUT2D eigenvalue weighted by Gasteiger charge is 2.33. The van der Waals surface area contributed by atoms with Crippen LogP contribution in [0.15, 0.2) is 72.8 Å². The Bertz CT molecular complexity index is 1410. The Morgan fingerprint density at radius 1 is 0.711 bits per heavy atom. The number of nitrogens with zero attached hydrogens (tertiary/aromatic N) is 1. The molecule has 1 aromatic heterocycles. The van der Waals surface area contributed by atoms with Gasteiger partial charge in [-0.25, -0.2) is 13.2 Å². The summed E-state index contributed by atoms with van der Waals surface area (Å²) in [5.41, 5.74) is 1.08. The van der Waals surface area contributed by atoms with Crippen LogP contribution in [0, 0.1) is 11.6 Å². The molecule has 0 fully saturated rings. The lowest BCUT2D eigenvalue weighted by Gasteiger charge is -2.27. The number of hydrogen-bond donors (Lipinski definition) is 1. The molecule has 4 aromatic rings. The molecule has 8 heteroatoms. The molecule has 2 unspecified atom stereocenters. The van der Waals surface area contributed by atoms with Gasteiger partial charge in [0, 0.05) is 16.7 Å². The average Bonchev–Trinajstić information content (AvgIpc) is 2.87. The number of hydrogen-bond acceptors (Lipinski definition) is 2. The molecular formula is C30H25F6NO. The summed E-state index contributed by atoms with van der Waals surface area (Å²) in [6, 6.07) is 14.5. The number of aromatic nitrogens is 1. The van der Waals surface area contributed by atoms with E-state index in [1.807, 2.05) is 0 Å². The van der Waals surface area contributed by atoms with Crippen molar-refractivity contribution >= 4 is 0 Å². The number of benzene rings is 3. The third kappa shape index (κ3) is 5.45. The topological polar surface area (TPSA) is 33.1 Å². The zero-order chi connectivity index (χ0) is 27.8. The molecule has 0 spiro atoms. The van der Waals surface area contributed by atoms with Crippen molar-refractivity contribution in [2.45, 2.75) is 45.1 Å². The Hall–Kier alpha value is -3.65. The van der Waals surface area contributed by atoms with Gasteiger partial charge in [-0.15, -0.1) is 0 Å². The SMILES string of the molecule is CC(C)c1nc(-c2ccc(F)cc2)c(C(C)O)c(-c2ccc(F)cc2)c1C(F)c1ccc(C(F)(F)F)cc1. The van der Waals surface area contributed by atoms with Crippen molar-refractivity contribution in [1.29, 1.82) is 0 Å². The highest BCUT2D eigenvalue weighted by molar-refractivity contribution is 5.81. The van der Waals surface area contributed by atoms with Crippen molar-refractivity contribution in [3.05, 3.63) is 112 Å². The van der Waals surface area contributed by atoms with Gasteiger partial charge in [-0.05, 0) is 78.1 Å². The highest BCUT2D eigenvalue weighted by Crippen LogP contribution is 2.46. The second kappa shape index (κ2) is 10.6. The van der Waals surface area contributed by atoms with Gasteiger partial charge in [0.1, 0.15) is 11.6 Å². The van der Waals surface area contributed by atoms with E-state index in [9.17, 15) is 27.1 Å². The fraction of sp³-hybridized carbons (Fsp3) is 0.233. The molecular weight excluding hydrogens is 504 g/mol. The third-order valence-electron chi connectivity index (χ3n) is 6.30. The number of pyridine rings is 1. The van der Waals surface area contributed by atoms with Gasteiger partial charge >= 0.3 is 6.18 Å². The van der Waals surface area contributed by atoms with Gasteiger partial charge in [0.15, 0.2) is 6.17 Å². The van der Waals surface area contributed by atoms with Crippen LogP contribution in [0.25, 0.3) is 22.4 Å². The van der Waals surface area contributed by atoms with Crippen LogP contribution in [0.1, 0.15) is 66.9 Å². The zero-order valence-corrected chi connectivity index (χ0v) is 20.8. The standard InChI is InChI=1S/C30H25F6NO/c1-16(2)28-26(27(33)19-4-10-21(11-5-19)30(34,35)36)25(18-6-12-22(31)13-7-18)24(17(3)38)29(37-28)20-8-14-23(32)15-9-20/h4-17,27,38H,1-3H3. The number of aliphatic hydroxyl groups excluding tert-OH is 1. The van der Waals surface area contributed by atoms with Crippen molar-refractivity contribution in [1.82, 2.24) is 4.98 Å². The van der Waals surface area contributed by atoms with Crippen LogP contribution in [0.4, 0.5) is 26.3 Å². The van der Waals surface area contributed by atoms with Crippen molar-refractivity contribution in [3.63, 3.8) is 0 Å². The lowest BCUT2D eigenvalue weighted by molar-refractivity contribution is -0.137. The first-order valence-electron chi connectivity index (χ1n) is 12.0. The lowest BCUT2D eigenvalue weighted by Crippen LogP contribution is -2.13. The van der Waals surface area contributed by atoms with E-state index in [1.54, 1.807) is 13.8 Å². The summed E-state index contributed by atoms with van der Waals surface area (Å²) >= 11 is 0. The molecule has 0 aliphatic carbocycles. The normalized spacial score (nSPS) is 13.6. The van der Waals surface area contributed by atoms with Crippen molar-refractivity contribution in [2.24, 2.45) is 0 Å². The molecule has 38 heavy (non-hydrogen) atoms. The zero-order valence-electron chi connectivity index (χ0n) is 20.8. The first-order valence-corrected chi connectivity index (χ1v) is 12.0. The monoisotopic (exact) mass is 529 g/mol. The molecule has 1 heterocycles. The number of alkyl halides is 4. The van der Waals surface area contributed by atoms with E-state index in [0.717, 1.165) is 24.3 Å². The minimum absolute atomic E-state index is 0.0314. The quantitative estimate of drug-likeness (QED) is 0.253. The van der Waals surface area contributed by atoms with Crippen LogP contribution in [0.5, 0.6) is 0 Å². The van der Waals surface area contributed by atoms with Crippen molar-refractivity contribution in [3.8, 4) is 22.4 Å². The van der Waals surface area contributed by atoms with Gasteiger partial charge in [0.25, 0.3) is 0 Å².